The number of carbonyl (C=O) groups is 1. The molecule has 4 rings (SSSR count). The third kappa shape index (κ3) is 5.60. The lowest BCUT2D eigenvalue weighted by atomic mass is 9.93. The second kappa shape index (κ2) is 9.70. The molecule has 2 aliphatic rings. The first-order valence-electron chi connectivity index (χ1n) is 11.5. The van der Waals surface area contributed by atoms with Crippen LogP contribution in [0.15, 0.2) is 42.5 Å². The van der Waals surface area contributed by atoms with E-state index in [1.54, 1.807) is 0 Å². The number of sulfonamides is 1. The van der Waals surface area contributed by atoms with Crippen LogP contribution in [-0.2, 0) is 22.4 Å². The Morgan fingerprint density at radius 3 is 1.89 bits per heavy atom. The first-order chi connectivity index (χ1) is 17.5. The zero-order chi connectivity index (χ0) is 28.2. The average Bonchev–Trinajstić information content (AvgIpc) is 3.61. The summed E-state index contributed by atoms with van der Waals surface area (Å²) in [4.78, 5) is 15.1. The number of amides is 2. The van der Waals surface area contributed by atoms with Crippen molar-refractivity contribution in [3.05, 3.63) is 65.0 Å². The van der Waals surface area contributed by atoms with Crippen LogP contribution in [0.5, 0.6) is 0 Å². The summed E-state index contributed by atoms with van der Waals surface area (Å²) in [5, 5.41) is -0.537. The van der Waals surface area contributed by atoms with E-state index in [2.05, 4.69) is 0 Å². The summed E-state index contributed by atoms with van der Waals surface area (Å²) in [6.45, 7) is -0.147. The van der Waals surface area contributed by atoms with Crippen molar-refractivity contribution in [2.75, 3.05) is 32.1 Å². The fraction of sp³-hybridized carbons (Fsp3) is 0.458. The average molecular weight is 568 g/mol. The largest absolute Gasteiger partial charge is 0.416 e. The van der Waals surface area contributed by atoms with Gasteiger partial charge < -0.3 is 4.90 Å². The second-order valence-corrected chi connectivity index (χ2v) is 11.7. The van der Waals surface area contributed by atoms with Crippen LogP contribution in [0.1, 0.15) is 35.4 Å². The fourth-order valence-corrected chi connectivity index (χ4v) is 6.47. The molecule has 2 amide bonds. The minimum absolute atomic E-state index is 0.0156. The van der Waals surface area contributed by atoms with Gasteiger partial charge in [-0.15, -0.1) is 0 Å². The van der Waals surface area contributed by atoms with Crippen LogP contribution in [-0.4, -0.2) is 62.1 Å². The van der Waals surface area contributed by atoms with E-state index < -0.39 is 68.2 Å². The third-order valence-corrected chi connectivity index (χ3v) is 9.24. The van der Waals surface area contributed by atoms with Crippen molar-refractivity contribution in [1.29, 1.82) is 0 Å². The Kier molecular flexibility index (Phi) is 7.19. The van der Waals surface area contributed by atoms with Gasteiger partial charge in [-0.25, -0.2) is 17.6 Å². The summed E-state index contributed by atoms with van der Waals surface area (Å²) in [5.74, 6) is -1.14. The molecule has 1 saturated carbocycles. The Balaban J connectivity index is 1.67. The van der Waals surface area contributed by atoms with Gasteiger partial charge in [0.15, 0.2) is 0 Å². The Bertz CT molecular complexity index is 1280. The molecule has 2 aromatic rings. The van der Waals surface area contributed by atoms with Gasteiger partial charge in [0.25, 0.3) is 0 Å². The van der Waals surface area contributed by atoms with Crippen molar-refractivity contribution < 1.29 is 43.9 Å². The van der Waals surface area contributed by atoms with E-state index in [4.69, 9.17) is 0 Å². The molecule has 0 spiro atoms. The van der Waals surface area contributed by atoms with E-state index in [-0.39, 0.29) is 19.2 Å². The van der Waals surface area contributed by atoms with E-state index in [0.29, 0.717) is 35.4 Å². The molecule has 2 aromatic carbocycles. The highest BCUT2D eigenvalue weighted by molar-refractivity contribution is 7.90. The summed E-state index contributed by atoms with van der Waals surface area (Å²) in [7, 11) is -1.33. The molecular formula is C24H24F7N3O3S. The molecule has 0 radical (unpaired) electrons. The molecule has 208 valence electrons. The van der Waals surface area contributed by atoms with Gasteiger partial charge in [0, 0.05) is 38.8 Å². The van der Waals surface area contributed by atoms with Crippen LogP contribution in [0.3, 0.4) is 0 Å². The summed E-state index contributed by atoms with van der Waals surface area (Å²) < 4.78 is 121. The van der Waals surface area contributed by atoms with Gasteiger partial charge in [0.2, 0.25) is 10.0 Å². The van der Waals surface area contributed by atoms with Crippen molar-refractivity contribution in [1.82, 2.24) is 9.21 Å². The number of nitrogens with zero attached hydrogens (tertiary/aromatic N) is 3. The quantitative estimate of drug-likeness (QED) is 0.460. The van der Waals surface area contributed by atoms with Crippen molar-refractivity contribution in [2.24, 2.45) is 0 Å². The van der Waals surface area contributed by atoms with Crippen LogP contribution >= 0.6 is 0 Å². The predicted octanol–water partition coefficient (Wildman–Crippen LogP) is 5.31. The highest BCUT2D eigenvalue weighted by atomic mass is 32.2. The van der Waals surface area contributed by atoms with Crippen molar-refractivity contribution in [2.45, 2.75) is 42.4 Å². The number of hydrogen-bond donors (Lipinski definition) is 0. The standard InChI is InChI=1S/C24H24F7N3O3S/c1-32(18-10-15(23(26,27)28)9-16(11-18)24(29,30)31)22(35)33(2)21-13-34(38(36,37)19-7-8-19)12-20(21)14-3-5-17(25)6-4-14/h3-6,9-11,19-21H,7-8,12-13H2,1-2H3. The highest BCUT2D eigenvalue weighted by Crippen LogP contribution is 2.40. The van der Waals surface area contributed by atoms with Gasteiger partial charge in [0.1, 0.15) is 5.82 Å². The summed E-state index contributed by atoms with van der Waals surface area (Å²) in [6.07, 6.45) is -9.19. The number of rotatable bonds is 5. The maximum absolute atomic E-state index is 13.5. The van der Waals surface area contributed by atoms with Crippen molar-refractivity contribution >= 4 is 21.7 Å². The number of anilines is 1. The first-order valence-corrected chi connectivity index (χ1v) is 13.0. The molecular weight excluding hydrogens is 543 g/mol. The molecule has 2 fully saturated rings. The number of likely N-dealkylation sites (N-methyl/N-ethyl adjacent to an activating group) is 1. The van der Waals surface area contributed by atoms with Crippen molar-refractivity contribution in [3.63, 3.8) is 0 Å². The monoisotopic (exact) mass is 567 g/mol. The van der Waals surface area contributed by atoms with Gasteiger partial charge in [0.05, 0.1) is 22.4 Å². The van der Waals surface area contributed by atoms with Gasteiger partial charge >= 0.3 is 18.4 Å². The SMILES string of the molecule is CN(C(=O)N(C)C1CN(S(=O)(=O)C2CC2)CC1c1ccc(F)cc1)c1cc(C(F)(F)F)cc(C(F)(F)F)c1. The molecule has 0 aromatic heterocycles. The fourth-order valence-electron chi connectivity index (χ4n) is 4.59. The molecule has 0 bridgehead atoms. The first kappa shape index (κ1) is 28.1. The minimum Gasteiger partial charge on any atom is -0.322 e. The molecule has 38 heavy (non-hydrogen) atoms. The number of halogens is 7. The molecule has 1 aliphatic carbocycles. The lowest BCUT2D eigenvalue weighted by Gasteiger charge is -2.33. The van der Waals surface area contributed by atoms with Gasteiger partial charge in [-0.05, 0) is 48.7 Å². The van der Waals surface area contributed by atoms with Crippen LogP contribution in [0.2, 0.25) is 0 Å². The Labute approximate surface area is 214 Å². The zero-order valence-corrected chi connectivity index (χ0v) is 21.0. The molecule has 14 heteroatoms. The summed E-state index contributed by atoms with van der Waals surface area (Å²) in [6, 6.07) is 4.34. The van der Waals surface area contributed by atoms with Gasteiger partial charge in [-0.2, -0.15) is 30.6 Å². The molecule has 2 atom stereocenters. The molecule has 6 nitrogen and oxygen atoms in total. The van der Waals surface area contributed by atoms with Crippen LogP contribution < -0.4 is 4.90 Å². The van der Waals surface area contributed by atoms with Gasteiger partial charge in [-0.1, -0.05) is 12.1 Å². The van der Waals surface area contributed by atoms with E-state index in [0.717, 1.165) is 11.9 Å². The Morgan fingerprint density at radius 2 is 1.42 bits per heavy atom. The third-order valence-electron chi connectivity index (χ3n) is 6.91. The number of urea groups is 1. The normalized spacial score (nSPS) is 21.0. The van der Waals surface area contributed by atoms with Gasteiger partial charge in [-0.3, -0.25) is 4.90 Å². The highest BCUT2D eigenvalue weighted by Gasteiger charge is 2.48. The molecule has 0 N–H and O–H groups in total. The van der Waals surface area contributed by atoms with Crippen LogP contribution in [0, 0.1) is 5.82 Å². The summed E-state index contributed by atoms with van der Waals surface area (Å²) >= 11 is 0. The van der Waals surface area contributed by atoms with E-state index >= 15 is 0 Å². The number of carbonyl (C=O) groups excluding carboxylic acids is 1. The summed E-state index contributed by atoms with van der Waals surface area (Å²) in [5.41, 5.74) is -3.25. The van der Waals surface area contributed by atoms with E-state index in [1.165, 1.54) is 35.6 Å². The lowest BCUT2D eigenvalue weighted by Crippen LogP contribution is -2.47. The molecule has 1 saturated heterocycles. The minimum atomic E-state index is -5.09. The Morgan fingerprint density at radius 1 is 0.895 bits per heavy atom. The van der Waals surface area contributed by atoms with E-state index in [1.807, 2.05) is 0 Å². The molecule has 2 unspecified atom stereocenters. The molecule has 1 aliphatic heterocycles. The topological polar surface area (TPSA) is 60.9 Å². The zero-order valence-electron chi connectivity index (χ0n) is 20.2. The number of benzene rings is 2. The maximum Gasteiger partial charge on any atom is 0.416 e. The van der Waals surface area contributed by atoms with Crippen molar-refractivity contribution in [3.8, 4) is 0 Å². The lowest BCUT2D eigenvalue weighted by molar-refractivity contribution is -0.143. The van der Waals surface area contributed by atoms with Crippen LogP contribution in [0.25, 0.3) is 0 Å². The van der Waals surface area contributed by atoms with E-state index in [9.17, 15) is 43.9 Å². The number of hydrogen-bond acceptors (Lipinski definition) is 3. The maximum atomic E-state index is 13.5. The predicted molar refractivity (Wildman–Crippen MR) is 124 cm³/mol. The second-order valence-electron chi connectivity index (χ2n) is 9.50. The van der Waals surface area contributed by atoms with Crippen LogP contribution in [0.4, 0.5) is 41.2 Å². The number of alkyl halides is 6. The molecule has 1 heterocycles. The Hall–Kier alpha value is -2.87. The smallest absolute Gasteiger partial charge is 0.322 e.